The third kappa shape index (κ3) is 7.91. The molecule has 0 heterocycles. The Morgan fingerprint density at radius 1 is 1.10 bits per heavy atom. The maximum Gasteiger partial charge on any atom is 0.254 e. The predicted molar refractivity (Wildman–Crippen MR) is 124 cm³/mol. The molecule has 2 rings (SSSR count). The van der Waals surface area contributed by atoms with E-state index in [1.807, 2.05) is 26.0 Å². The molecular formula is C23H25Cl3FNO3. The van der Waals surface area contributed by atoms with Gasteiger partial charge in [0.25, 0.3) is 5.91 Å². The van der Waals surface area contributed by atoms with Crippen molar-refractivity contribution in [3.8, 4) is 11.5 Å². The third-order valence-electron chi connectivity index (χ3n) is 4.49. The summed E-state index contributed by atoms with van der Waals surface area (Å²) < 4.78 is 25.7. The Hall–Kier alpha value is -1.95. The molecule has 0 spiro atoms. The third-order valence-corrected chi connectivity index (χ3v) is 5.04. The number of benzene rings is 2. The Morgan fingerprint density at radius 2 is 1.77 bits per heavy atom. The van der Waals surface area contributed by atoms with Gasteiger partial charge in [0.15, 0.2) is 0 Å². The Kier molecular flexibility index (Phi) is 10.4. The first kappa shape index (κ1) is 25.3. The summed E-state index contributed by atoms with van der Waals surface area (Å²) in [5, 5.41) is 2.94. The zero-order valence-electron chi connectivity index (χ0n) is 17.4. The molecule has 1 amide bonds. The van der Waals surface area contributed by atoms with Crippen LogP contribution in [0, 0.1) is 5.82 Å². The van der Waals surface area contributed by atoms with Gasteiger partial charge in [-0.15, -0.1) is 0 Å². The maximum atomic E-state index is 13.8. The zero-order chi connectivity index (χ0) is 22.8. The van der Waals surface area contributed by atoms with E-state index in [1.165, 1.54) is 12.1 Å². The second kappa shape index (κ2) is 12.8. The number of rotatable bonds is 11. The number of carbonyl (C=O) groups excluding carboxylic acids is 1. The van der Waals surface area contributed by atoms with E-state index in [-0.39, 0.29) is 21.7 Å². The number of hydrogen-bond donors (Lipinski definition) is 1. The average molecular weight is 489 g/mol. The zero-order valence-corrected chi connectivity index (χ0v) is 19.7. The van der Waals surface area contributed by atoms with Crippen LogP contribution in [0.25, 0.3) is 0 Å². The Balaban J connectivity index is 1.91. The quantitative estimate of drug-likeness (QED) is 0.367. The summed E-state index contributed by atoms with van der Waals surface area (Å²) in [5.74, 6) is 0.431. The fourth-order valence-electron chi connectivity index (χ4n) is 2.93. The molecule has 0 radical (unpaired) electrons. The predicted octanol–water partition coefficient (Wildman–Crippen LogP) is 6.50. The van der Waals surface area contributed by atoms with Crippen LogP contribution in [0.3, 0.4) is 0 Å². The standard InChI is InChI=1S/C23H25Cl3FNO3/c1-3-15-12-18(30-11-8-21(25)26)13-16(4-2)22(15)31-10-5-9-28-23(29)19-7-6-17(24)14-20(19)27/h6-8,12-14H,3-5,9-11H2,1-2H3,(H,28,29). The number of hydrogen-bond acceptors (Lipinski definition) is 3. The number of halogens is 4. The lowest BCUT2D eigenvalue weighted by molar-refractivity contribution is 0.0947. The van der Waals surface area contributed by atoms with E-state index in [2.05, 4.69) is 5.32 Å². The number of carbonyl (C=O) groups is 1. The molecule has 0 aromatic heterocycles. The van der Waals surface area contributed by atoms with Crippen molar-refractivity contribution in [2.75, 3.05) is 19.8 Å². The van der Waals surface area contributed by atoms with Crippen LogP contribution in [-0.2, 0) is 12.8 Å². The monoisotopic (exact) mass is 487 g/mol. The topological polar surface area (TPSA) is 47.6 Å². The first-order valence-corrected chi connectivity index (χ1v) is 11.1. The molecule has 0 aliphatic carbocycles. The summed E-state index contributed by atoms with van der Waals surface area (Å²) in [5.41, 5.74) is 2.03. The molecule has 8 heteroatoms. The van der Waals surface area contributed by atoms with E-state index in [1.54, 1.807) is 6.08 Å². The van der Waals surface area contributed by atoms with Crippen LogP contribution < -0.4 is 14.8 Å². The van der Waals surface area contributed by atoms with Crippen LogP contribution in [0.2, 0.25) is 5.02 Å². The number of amides is 1. The van der Waals surface area contributed by atoms with Gasteiger partial charge in [0.1, 0.15) is 28.4 Å². The van der Waals surface area contributed by atoms with E-state index >= 15 is 0 Å². The van der Waals surface area contributed by atoms with Gasteiger partial charge < -0.3 is 14.8 Å². The van der Waals surface area contributed by atoms with Gasteiger partial charge >= 0.3 is 0 Å². The van der Waals surface area contributed by atoms with Gasteiger partial charge in [-0.25, -0.2) is 4.39 Å². The van der Waals surface area contributed by atoms with Gasteiger partial charge in [-0.2, -0.15) is 0 Å². The molecule has 2 aromatic carbocycles. The van der Waals surface area contributed by atoms with Crippen molar-refractivity contribution in [2.24, 2.45) is 0 Å². The van der Waals surface area contributed by atoms with Crippen LogP contribution in [0.5, 0.6) is 11.5 Å². The summed E-state index contributed by atoms with van der Waals surface area (Å²) in [6, 6.07) is 7.84. The molecular weight excluding hydrogens is 464 g/mol. The van der Waals surface area contributed by atoms with Gasteiger partial charge in [0.05, 0.1) is 12.2 Å². The van der Waals surface area contributed by atoms with Crippen molar-refractivity contribution < 1.29 is 18.7 Å². The molecule has 0 atom stereocenters. The van der Waals surface area contributed by atoms with Crippen LogP contribution in [0.15, 0.2) is 40.9 Å². The summed E-state index contributed by atoms with van der Waals surface area (Å²) >= 11 is 16.9. The minimum atomic E-state index is -0.646. The largest absolute Gasteiger partial charge is 0.493 e. The second-order valence-electron chi connectivity index (χ2n) is 6.66. The molecule has 0 saturated heterocycles. The van der Waals surface area contributed by atoms with Crippen molar-refractivity contribution in [1.29, 1.82) is 0 Å². The average Bonchev–Trinajstić information content (AvgIpc) is 2.73. The van der Waals surface area contributed by atoms with Crippen molar-refractivity contribution >= 4 is 40.7 Å². The molecule has 0 bridgehead atoms. The number of aryl methyl sites for hydroxylation is 2. The summed E-state index contributed by atoms with van der Waals surface area (Å²) in [6.07, 6.45) is 3.70. The molecule has 0 aliphatic rings. The smallest absolute Gasteiger partial charge is 0.254 e. The molecule has 0 fully saturated rings. The van der Waals surface area contributed by atoms with Crippen LogP contribution in [0.1, 0.15) is 41.8 Å². The van der Waals surface area contributed by atoms with Gasteiger partial charge in [0, 0.05) is 11.6 Å². The highest BCUT2D eigenvalue weighted by atomic mass is 35.5. The van der Waals surface area contributed by atoms with Crippen LogP contribution in [-0.4, -0.2) is 25.7 Å². The van der Waals surface area contributed by atoms with E-state index in [4.69, 9.17) is 44.3 Å². The van der Waals surface area contributed by atoms with Crippen molar-refractivity contribution in [3.05, 3.63) is 68.4 Å². The van der Waals surface area contributed by atoms with Gasteiger partial charge in [-0.3, -0.25) is 4.79 Å². The lowest BCUT2D eigenvalue weighted by Crippen LogP contribution is -2.26. The van der Waals surface area contributed by atoms with E-state index < -0.39 is 11.7 Å². The second-order valence-corrected chi connectivity index (χ2v) is 8.11. The highest BCUT2D eigenvalue weighted by Crippen LogP contribution is 2.31. The molecule has 31 heavy (non-hydrogen) atoms. The molecule has 0 unspecified atom stereocenters. The molecule has 168 valence electrons. The minimum Gasteiger partial charge on any atom is -0.493 e. The van der Waals surface area contributed by atoms with Crippen LogP contribution in [0.4, 0.5) is 4.39 Å². The highest BCUT2D eigenvalue weighted by Gasteiger charge is 2.13. The van der Waals surface area contributed by atoms with Crippen LogP contribution >= 0.6 is 34.8 Å². The normalized spacial score (nSPS) is 10.5. The molecule has 4 nitrogen and oxygen atoms in total. The van der Waals surface area contributed by atoms with Crippen molar-refractivity contribution in [3.63, 3.8) is 0 Å². The van der Waals surface area contributed by atoms with E-state index in [0.717, 1.165) is 41.5 Å². The van der Waals surface area contributed by atoms with Gasteiger partial charge in [-0.1, -0.05) is 48.7 Å². The summed E-state index contributed by atoms with van der Waals surface area (Å²) in [6.45, 7) is 5.14. The van der Waals surface area contributed by atoms with Gasteiger partial charge in [0.2, 0.25) is 0 Å². The first-order chi connectivity index (χ1) is 14.8. The van der Waals surface area contributed by atoms with Crippen molar-refractivity contribution in [1.82, 2.24) is 5.32 Å². The first-order valence-electron chi connectivity index (χ1n) is 10.0. The highest BCUT2D eigenvalue weighted by molar-refractivity contribution is 6.55. The molecule has 1 N–H and O–H groups in total. The minimum absolute atomic E-state index is 0.0345. The molecule has 2 aromatic rings. The number of ether oxygens (including phenoxy) is 2. The fourth-order valence-corrected chi connectivity index (χ4v) is 3.22. The summed E-state index contributed by atoms with van der Waals surface area (Å²) in [4.78, 5) is 12.1. The summed E-state index contributed by atoms with van der Waals surface area (Å²) in [7, 11) is 0. The Morgan fingerprint density at radius 3 is 2.35 bits per heavy atom. The SMILES string of the molecule is CCc1cc(OCC=C(Cl)Cl)cc(CC)c1OCCCNC(=O)c1ccc(Cl)cc1F. The van der Waals surface area contributed by atoms with E-state index in [9.17, 15) is 9.18 Å². The molecule has 0 saturated carbocycles. The lowest BCUT2D eigenvalue weighted by Gasteiger charge is -2.17. The fraction of sp³-hybridized carbons (Fsp3) is 0.348. The van der Waals surface area contributed by atoms with E-state index in [0.29, 0.717) is 19.6 Å². The molecule has 0 aliphatic heterocycles. The Labute approximate surface area is 197 Å². The Bertz CT molecular complexity index is 905. The van der Waals surface area contributed by atoms with Crippen molar-refractivity contribution in [2.45, 2.75) is 33.1 Å². The lowest BCUT2D eigenvalue weighted by atomic mass is 10.0. The van der Waals surface area contributed by atoms with Gasteiger partial charge in [-0.05, 0) is 66.8 Å². The number of nitrogens with one attached hydrogen (secondary N) is 1. The maximum absolute atomic E-state index is 13.8.